The first-order valence-corrected chi connectivity index (χ1v) is 5.99. The van der Waals surface area contributed by atoms with Crippen molar-refractivity contribution in [2.75, 3.05) is 0 Å². The molecule has 0 amide bonds. The quantitative estimate of drug-likeness (QED) is 0.418. The van der Waals surface area contributed by atoms with Gasteiger partial charge in [0.05, 0.1) is 11.8 Å². The summed E-state index contributed by atoms with van der Waals surface area (Å²) in [7, 11) is 0. The summed E-state index contributed by atoms with van der Waals surface area (Å²) in [5, 5.41) is 27.0. The summed E-state index contributed by atoms with van der Waals surface area (Å²) in [5.74, 6) is -1.28. The highest BCUT2D eigenvalue weighted by molar-refractivity contribution is 5.73. The maximum Gasteiger partial charge on any atom is 0.417 e. The molecule has 0 fully saturated rings. The van der Waals surface area contributed by atoms with Crippen molar-refractivity contribution in [2.45, 2.75) is 37.5 Å². The van der Waals surface area contributed by atoms with E-state index >= 15 is 0 Å². The molecule has 1 aromatic heterocycles. The van der Waals surface area contributed by atoms with Crippen LogP contribution < -0.4 is 11.5 Å². The zero-order valence-electron chi connectivity index (χ0n) is 10.7. The van der Waals surface area contributed by atoms with E-state index in [0.717, 1.165) is 4.57 Å². The number of aliphatic carboxylic acids is 1. The van der Waals surface area contributed by atoms with Crippen molar-refractivity contribution in [3.05, 3.63) is 18.2 Å². The van der Waals surface area contributed by atoms with Crippen LogP contribution in [0.4, 0.5) is 4.79 Å². The van der Waals surface area contributed by atoms with E-state index in [-0.39, 0.29) is 12.8 Å². The number of carbonyl (C=O) groups is 2. The number of nitrogens with zero attached hydrogens (tertiary/aromatic N) is 2. The van der Waals surface area contributed by atoms with E-state index in [4.69, 9.17) is 21.7 Å². The number of nitrogens with two attached hydrogens (primary N) is 2. The van der Waals surface area contributed by atoms with Gasteiger partial charge in [0.2, 0.25) is 0 Å². The van der Waals surface area contributed by atoms with Gasteiger partial charge in [0.15, 0.2) is 0 Å². The number of carboxylic acids is 1. The molecule has 1 rings (SSSR count). The molecule has 20 heavy (non-hydrogen) atoms. The molecule has 0 aliphatic heterocycles. The van der Waals surface area contributed by atoms with Gasteiger partial charge in [-0.2, -0.15) is 0 Å². The lowest BCUT2D eigenvalue weighted by molar-refractivity contribution is -0.141. The molecule has 0 unspecified atom stereocenters. The van der Waals surface area contributed by atoms with Gasteiger partial charge in [0, 0.05) is 18.7 Å². The van der Waals surface area contributed by atoms with Crippen molar-refractivity contribution in [2.24, 2.45) is 11.5 Å². The predicted octanol–water partition coefficient (Wildman–Crippen LogP) is -1.17. The Morgan fingerprint density at radius 2 is 1.95 bits per heavy atom. The first-order chi connectivity index (χ1) is 9.32. The molecule has 0 spiro atoms. The molecule has 1 heterocycles. The molecule has 0 aliphatic carbocycles. The molecular weight excluding hydrogens is 268 g/mol. The van der Waals surface area contributed by atoms with Gasteiger partial charge >= 0.3 is 12.1 Å². The molecular formula is C11H18N4O5. The van der Waals surface area contributed by atoms with E-state index < -0.39 is 30.3 Å². The van der Waals surface area contributed by atoms with Crippen LogP contribution in [0.1, 0.15) is 18.5 Å². The molecule has 112 valence electrons. The summed E-state index contributed by atoms with van der Waals surface area (Å²) in [6.45, 7) is 0. The molecule has 0 aliphatic rings. The Balaban J connectivity index is 2.48. The second-order valence-corrected chi connectivity index (χ2v) is 4.51. The zero-order chi connectivity index (χ0) is 15.3. The van der Waals surface area contributed by atoms with Crippen LogP contribution in [0, 0.1) is 0 Å². The number of carboxylic acid groups (broad SMARTS) is 2. The Hall–Kier alpha value is -1.97. The molecule has 9 nitrogen and oxygen atoms in total. The van der Waals surface area contributed by atoms with Crippen molar-refractivity contribution in [1.82, 2.24) is 9.55 Å². The topological polar surface area (TPSA) is 165 Å². The maximum atomic E-state index is 10.9. The summed E-state index contributed by atoms with van der Waals surface area (Å²) >= 11 is 0. The monoisotopic (exact) mass is 286 g/mol. The van der Waals surface area contributed by atoms with Crippen molar-refractivity contribution in [3.8, 4) is 0 Å². The minimum Gasteiger partial charge on any atom is -0.480 e. The Labute approximate surface area is 114 Å². The van der Waals surface area contributed by atoms with Gasteiger partial charge in [0.25, 0.3) is 0 Å². The Kier molecular flexibility index (Phi) is 5.62. The standard InChI is InChI=1S/C11H18N4O5/c12-6(1-2-8(16)9(13)10(17)18)3-7-4-14-5-15(7)11(19)20/h4-6,8-9,16H,1-3,12-13H2,(H,17,18)(H,19,20)/t6-,8-,9+/m1/s1. The van der Waals surface area contributed by atoms with E-state index in [9.17, 15) is 14.7 Å². The van der Waals surface area contributed by atoms with Crippen LogP contribution in [-0.4, -0.2) is 55.1 Å². The predicted molar refractivity (Wildman–Crippen MR) is 68.2 cm³/mol. The van der Waals surface area contributed by atoms with Gasteiger partial charge in [-0.25, -0.2) is 14.3 Å². The summed E-state index contributed by atoms with van der Waals surface area (Å²) in [6.07, 6.45) is 0.900. The van der Waals surface area contributed by atoms with Crippen LogP contribution in [0.2, 0.25) is 0 Å². The molecule has 1 aromatic rings. The van der Waals surface area contributed by atoms with Crippen LogP contribution in [0.5, 0.6) is 0 Å². The second kappa shape index (κ2) is 6.98. The third-order valence-corrected chi connectivity index (χ3v) is 2.93. The highest BCUT2D eigenvalue weighted by Crippen LogP contribution is 2.09. The fourth-order valence-electron chi connectivity index (χ4n) is 1.75. The summed E-state index contributed by atoms with van der Waals surface area (Å²) in [5.41, 5.74) is 11.5. The average Bonchev–Trinajstić information content (AvgIpc) is 2.83. The van der Waals surface area contributed by atoms with Crippen molar-refractivity contribution >= 4 is 12.1 Å². The largest absolute Gasteiger partial charge is 0.480 e. The van der Waals surface area contributed by atoms with Crippen LogP contribution in [0.25, 0.3) is 0 Å². The minimum atomic E-state index is -1.35. The van der Waals surface area contributed by atoms with Crippen molar-refractivity contribution in [1.29, 1.82) is 0 Å². The van der Waals surface area contributed by atoms with E-state index in [1.165, 1.54) is 12.5 Å². The highest BCUT2D eigenvalue weighted by Gasteiger charge is 2.22. The van der Waals surface area contributed by atoms with Gasteiger partial charge in [-0.15, -0.1) is 0 Å². The summed E-state index contributed by atoms with van der Waals surface area (Å²) in [4.78, 5) is 25.1. The van der Waals surface area contributed by atoms with Crippen molar-refractivity contribution in [3.63, 3.8) is 0 Å². The first-order valence-electron chi connectivity index (χ1n) is 5.99. The lowest BCUT2D eigenvalue weighted by atomic mass is 10.0. The third-order valence-electron chi connectivity index (χ3n) is 2.93. The molecule has 9 heteroatoms. The number of aliphatic hydroxyl groups is 1. The normalized spacial score (nSPS) is 15.6. The molecule has 0 radical (unpaired) electrons. The molecule has 7 N–H and O–H groups in total. The van der Waals surface area contributed by atoms with Gasteiger partial charge in [-0.1, -0.05) is 0 Å². The smallest absolute Gasteiger partial charge is 0.417 e. The fourth-order valence-corrected chi connectivity index (χ4v) is 1.75. The van der Waals surface area contributed by atoms with E-state index in [1.807, 2.05) is 0 Å². The number of aliphatic hydroxyl groups excluding tert-OH is 1. The van der Waals surface area contributed by atoms with E-state index in [1.54, 1.807) is 0 Å². The van der Waals surface area contributed by atoms with Gasteiger partial charge in [-0.3, -0.25) is 4.79 Å². The first kappa shape index (κ1) is 16.1. The molecule has 3 atom stereocenters. The van der Waals surface area contributed by atoms with E-state index in [2.05, 4.69) is 4.98 Å². The van der Waals surface area contributed by atoms with Crippen LogP contribution >= 0.6 is 0 Å². The number of hydrogen-bond acceptors (Lipinski definition) is 6. The van der Waals surface area contributed by atoms with Crippen LogP contribution in [0.3, 0.4) is 0 Å². The van der Waals surface area contributed by atoms with Gasteiger partial charge in [0.1, 0.15) is 12.4 Å². The second-order valence-electron chi connectivity index (χ2n) is 4.51. The van der Waals surface area contributed by atoms with Crippen molar-refractivity contribution < 1.29 is 24.9 Å². The average molecular weight is 286 g/mol. The zero-order valence-corrected chi connectivity index (χ0v) is 10.7. The number of hydrogen-bond donors (Lipinski definition) is 5. The summed E-state index contributed by atoms with van der Waals surface area (Å²) < 4.78 is 0.958. The minimum absolute atomic E-state index is 0.121. The number of aromatic nitrogens is 2. The SMILES string of the molecule is N[C@H](CC[C@@H](O)[C@H](N)C(=O)O)Cc1cncn1C(=O)O. The molecule has 0 saturated carbocycles. The van der Waals surface area contributed by atoms with Crippen LogP contribution in [-0.2, 0) is 11.2 Å². The number of imidazole rings is 1. The van der Waals surface area contributed by atoms with Gasteiger partial charge < -0.3 is 26.8 Å². The lowest BCUT2D eigenvalue weighted by Gasteiger charge is -2.17. The fraction of sp³-hybridized carbons (Fsp3) is 0.545. The molecule has 0 saturated heterocycles. The molecule has 0 aromatic carbocycles. The Bertz CT molecular complexity index is 475. The molecule has 0 bridgehead atoms. The van der Waals surface area contributed by atoms with E-state index in [0.29, 0.717) is 12.1 Å². The lowest BCUT2D eigenvalue weighted by Crippen LogP contribution is -2.42. The third kappa shape index (κ3) is 4.30. The highest BCUT2D eigenvalue weighted by atomic mass is 16.4. The Morgan fingerprint density at radius 3 is 2.50 bits per heavy atom. The summed E-state index contributed by atoms with van der Waals surface area (Å²) in [6, 6.07) is -1.79. The maximum absolute atomic E-state index is 10.9. The van der Waals surface area contributed by atoms with Crippen LogP contribution in [0.15, 0.2) is 12.5 Å². The Morgan fingerprint density at radius 1 is 1.30 bits per heavy atom. The van der Waals surface area contributed by atoms with Gasteiger partial charge in [-0.05, 0) is 12.8 Å². The number of rotatable bonds is 7.